The van der Waals surface area contributed by atoms with E-state index in [-0.39, 0.29) is 25.2 Å². The van der Waals surface area contributed by atoms with Crippen molar-refractivity contribution in [3.8, 4) is 0 Å². The summed E-state index contributed by atoms with van der Waals surface area (Å²) in [6.07, 6.45) is 97.5. The van der Waals surface area contributed by atoms with Gasteiger partial charge in [0.05, 0.1) is 6.61 Å². The first kappa shape index (κ1) is 78.9. The van der Waals surface area contributed by atoms with Crippen molar-refractivity contribution in [2.24, 2.45) is 0 Å². The fourth-order valence-electron chi connectivity index (χ4n) is 11.4. The van der Waals surface area contributed by atoms with Crippen molar-refractivity contribution in [1.82, 2.24) is 0 Å². The van der Waals surface area contributed by atoms with Crippen molar-refractivity contribution in [3.05, 3.63) is 48.6 Å². The Hall–Kier alpha value is -2.14. The van der Waals surface area contributed by atoms with Crippen LogP contribution in [0.25, 0.3) is 0 Å². The number of hydrogen-bond donors (Lipinski definition) is 1. The van der Waals surface area contributed by atoms with Crippen LogP contribution in [0.2, 0.25) is 0 Å². The van der Waals surface area contributed by atoms with Gasteiger partial charge in [0.15, 0.2) is 6.10 Å². The maximum Gasteiger partial charge on any atom is 0.306 e. The van der Waals surface area contributed by atoms with Gasteiger partial charge in [-0.2, -0.15) is 0 Å². The van der Waals surface area contributed by atoms with Gasteiger partial charge in [-0.25, -0.2) is 0 Å². The number of rotatable bonds is 69. The number of aliphatic hydroxyl groups is 1. The average Bonchev–Trinajstić information content (AvgIpc) is 3.47. The number of ether oxygens (including phenoxy) is 2. The second kappa shape index (κ2) is 72.1. The van der Waals surface area contributed by atoms with Crippen molar-refractivity contribution in [3.63, 3.8) is 0 Å². The number of esters is 2. The van der Waals surface area contributed by atoms with Gasteiger partial charge in [-0.1, -0.05) is 390 Å². The number of carbonyl (C=O) groups excluding carboxylic acids is 2. The van der Waals surface area contributed by atoms with Crippen LogP contribution in [-0.2, 0) is 19.1 Å². The van der Waals surface area contributed by atoms with E-state index in [1.165, 1.54) is 321 Å². The van der Waals surface area contributed by atoms with Gasteiger partial charge in [-0.05, 0) is 51.4 Å². The third-order valence-corrected chi connectivity index (χ3v) is 16.9. The summed E-state index contributed by atoms with van der Waals surface area (Å²) >= 11 is 0. The Balaban J connectivity index is 3.37. The molecule has 0 aliphatic rings. The van der Waals surface area contributed by atoms with Crippen LogP contribution in [0.1, 0.15) is 406 Å². The monoisotopic (exact) mass is 1140 g/mol. The van der Waals surface area contributed by atoms with E-state index in [0.29, 0.717) is 12.8 Å². The Kier molecular flexibility index (Phi) is 70.2. The van der Waals surface area contributed by atoms with Crippen molar-refractivity contribution < 1.29 is 24.2 Å². The standard InChI is InChI=1S/C76H142O5/c1-3-5-7-9-11-13-15-17-19-21-23-25-27-29-31-33-35-37-39-40-42-44-46-48-50-52-54-56-58-60-62-64-66-68-70-75(78)80-73-74(72-77)81-76(79)71-69-67-65-63-61-59-57-55-53-51-49-47-45-43-41-38-36-34-32-30-28-26-24-22-20-18-16-14-12-10-8-6-4-2/h6,8,12,14,18,20,24,26,74,77H,3-5,7,9-11,13,15-17,19,21-23,25,27-73H2,1-2H3/b8-6-,14-12-,20-18-,26-24-. The van der Waals surface area contributed by atoms with E-state index in [4.69, 9.17) is 9.47 Å². The highest BCUT2D eigenvalue weighted by Crippen LogP contribution is 2.20. The van der Waals surface area contributed by atoms with E-state index in [9.17, 15) is 14.7 Å². The molecule has 0 radical (unpaired) electrons. The topological polar surface area (TPSA) is 72.8 Å². The van der Waals surface area contributed by atoms with Gasteiger partial charge in [0.2, 0.25) is 0 Å². The smallest absolute Gasteiger partial charge is 0.306 e. The first-order chi connectivity index (χ1) is 40.1. The summed E-state index contributed by atoms with van der Waals surface area (Å²) in [6, 6.07) is 0. The fraction of sp³-hybridized carbons (Fsp3) is 0.868. The van der Waals surface area contributed by atoms with Crippen LogP contribution in [0.15, 0.2) is 48.6 Å². The third kappa shape index (κ3) is 70.3. The molecule has 0 spiro atoms. The van der Waals surface area contributed by atoms with Crippen molar-refractivity contribution in [1.29, 1.82) is 0 Å². The second-order valence-electron chi connectivity index (χ2n) is 25.0. The summed E-state index contributed by atoms with van der Waals surface area (Å²) in [4.78, 5) is 24.7. The molecule has 0 aliphatic heterocycles. The SMILES string of the molecule is CC/C=C\C/C=C\C/C=C\C/C=C\CCCCCCCCCCCCCCCCCCCCCCC(=O)OC(CO)COC(=O)CCCCCCCCCCCCCCCCCCCCCCCCCCCCCCCCCCCC. The molecular weight excluding hydrogens is 993 g/mol. The molecule has 0 aromatic heterocycles. The normalized spacial score (nSPS) is 12.4. The summed E-state index contributed by atoms with van der Waals surface area (Å²) < 4.78 is 10.8. The Labute approximate surface area is 507 Å². The molecule has 5 nitrogen and oxygen atoms in total. The molecule has 1 unspecified atom stereocenters. The van der Waals surface area contributed by atoms with E-state index < -0.39 is 6.10 Å². The first-order valence-electron chi connectivity index (χ1n) is 36.7. The molecule has 5 heteroatoms. The predicted molar refractivity (Wildman–Crippen MR) is 357 cm³/mol. The van der Waals surface area contributed by atoms with Crippen molar-refractivity contribution in [2.75, 3.05) is 13.2 Å². The van der Waals surface area contributed by atoms with Gasteiger partial charge in [-0.15, -0.1) is 0 Å². The van der Waals surface area contributed by atoms with Crippen molar-refractivity contribution >= 4 is 11.9 Å². The zero-order valence-corrected chi connectivity index (χ0v) is 54.8. The average molecular weight is 1140 g/mol. The molecule has 0 aliphatic carbocycles. The Morgan fingerprint density at radius 2 is 0.531 bits per heavy atom. The van der Waals surface area contributed by atoms with Crippen LogP contribution >= 0.6 is 0 Å². The summed E-state index contributed by atoms with van der Waals surface area (Å²) in [5, 5.41) is 9.71. The van der Waals surface area contributed by atoms with Crippen LogP contribution in [-0.4, -0.2) is 36.4 Å². The molecule has 1 N–H and O–H groups in total. The van der Waals surface area contributed by atoms with Gasteiger partial charge >= 0.3 is 11.9 Å². The highest BCUT2D eigenvalue weighted by Gasteiger charge is 2.16. The van der Waals surface area contributed by atoms with Crippen LogP contribution in [0.3, 0.4) is 0 Å². The lowest BCUT2D eigenvalue weighted by atomic mass is 10.0. The van der Waals surface area contributed by atoms with Crippen LogP contribution in [0, 0.1) is 0 Å². The van der Waals surface area contributed by atoms with E-state index >= 15 is 0 Å². The molecule has 0 heterocycles. The lowest BCUT2D eigenvalue weighted by Gasteiger charge is -2.15. The molecule has 0 amide bonds. The Bertz CT molecular complexity index is 1330. The first-order valence-corrected chi connectivity index (χ1v) is 36.7. The molecule has 0 saturated carbocycles. The van der Waals surface area contributed by atoms with Crippen LogP contribution in [0.4, 0.5) is 0 Å². The second-order valence-corrected chi connectivity index (χ2v) is 25.0. The Morgan fingerprint density at radius 3 is 0.802 bits per heavy atom. The van der Waals surface area contributed by atoms with Crippen LogP contribution in [0.5, 0.6) is 0 Å². The summed E-state index contributed by atoms with van der Waals surface area (Å²) in [6.45, 7) is 4.10. The number of carbonyl (C=O) groups is 2. The molecule has 0 aromatic rings. The Morgan fingerprint density at radius 1 is 0.296 bits per heavy atom. The maximum absolute atomic E-state index is 12.4. The largest absolute Gasteiger partial charge is 0.462 e. The third-order valence-electron chi connectivity index (χ3n) is 16.9. The predicted octanol–water partition coefficient (Wildman–Crippen LogP) is 25.5. The highest BCUT2D eigenvalue weighted by atomic mass is 16.6. The summed E-state index contributed by atoms with van der Waals surface area (Å²) in [7, 11) is 0. The maximum atomic E-state index is 12.4. The molecule has 0 bridgehead atoms. The number of aliphatic hydroxyl groups excluding tert-OH is 1. The molecule has 476 valence electrons. The minimum absolute atomic E-state index is 0.0592. The van der Waals surface area contributed by atoms with Gasteiger partial charge in [-0.3, -0.25) is 9.59 Å². The lowest BCUT2D eigenvalue weighted by Crippen LogP contribution is -2.28. The van der Waals surface area contributed by atoms with E-state index in [1.54, 1.807) is 0 Å². The van der Waals surface area contributed by atoms with E-state index in [1.807, 2.05) is 0 Å². The lowest BCUT2D eigenvalue weighted by molar-refractivity contribution is -0.161. The molecule has 0 fully saturated rings. The zero-order valence-electron chi connectivity index (χ0n) is 54.8. The molecule has 0 rings (SSSR count). The van der Waals surface area contributed by atoms with Gasteiger partial charge < -0.3 is 14.6 Å². The molecule has 1 atom stereocenters. The zero-order chi connectivity index (χ0) is 58.4. The molecule has 0 aromatic carbocycles. The minimum Gasteiger partial charge on any atom is -0.462 e. The number of hydrogen-bond acceptors (Lipinski definition) is 5. The quantitative estimate of drug-likeness (QED) is 0.0373. The summed E-state index contributed by atoms with van der Waals surface area (Å²) in [5.41, 5.74) is 0. The molecular formula is C76H142O5. The van der Waals surface area contributed by atoms with Crippen molar-refractivity contribution in [2.45, 2.75) is 412 Å². The van der Waals surface area contributed by atoms with E-state index in [2.05, 4.69) is 62.5 Å². The van der Waals surface area contributed by atoms with Crippen LogP contribution < -0.4 is 0 Å². The molecule has 81 heavy (non-hydrogen) atoms. The highest BCUT2D eigenvalue weighted by molar-refractivity contribution is 5.70. The minimum atomic E-state index is -0.770. The van der Waals surface area contributed by atoms with Gasteiger partial charge in [0.1, 0.15) is 6.61 Å². The number of allylic oxidation sites excluding steroid dienone is 8. The van der Waals surface area contributed by atoms with Gasteiger partial charge in [0, 0.05) is 12.8 Å². The van der Waals surface area contributed by atoms with Gasteiger partial charge in [0.25, 0.3) is 0 Å². The fourth-order valence-corrected chi connectivity index (χ4v) is 11.4. The number of unbranched alkanes of at least 4 members (excludes halogenated alkanes) is 53. The van der Waals surface area contributed by atoms with E-state index in [0.717, 1.165) is 57.8 Å². The molecule has 0 saturated heterocycles. The summed E-state index contributed by atoms with van der Waals surface area (Å²) in [5.74, 6) is -0.565.